The number of aliphatic imine (C=N–C) groups is 1. The summed E-state index contributed by atoms with van der Waals surface area (Å²) < 4.78 is 0. The van der Waals surface area contributed by atoms with Crippen LogP contribution in [0.2, 0.25) is 0 Å². The minimum Gasteiger partial charge on any atom is -0.294 e. The molecule has 2 aliphatic rings. The van der Waals surface area contributed by atoms with Crippen molar-refractivity contribution in [3.63, 3.8) is 0 Å². The fourth-order valence-corrected chi connectivity index (χ4v) is 6.90. The molecule has 2 unspecified atom stereocenters. The third-order valence-corrected chi connectivity index (χ3v) is 8.38. The number of nitrogens with zero attached hydrogens (tertiary/aromatic N) is 1. The van der Waals surface area contributed by atoms with Crippen molar-refractivity contribution in [1.29, 1.82) is 0 Å². The molecule has 0 radical (unpaired) electrons. The molecule has 2 aromatic carbocycles. The molecule has 2 aliphatic carbocycles. The SMILES string of the molecule is C1=CC(C=NC2CCCCC2)C(P(c2ccccc2)c2ccccc2)C=C1. The van der Waals surface area contributed by atoms with Crippen LogP contribution in [0.15, 0.2) is 90.0 Å². The zero-order valence-corrected chi connectivity index (χ0v) is 16.7. The van der Waals surface area contributed by atoms with Crippen molar-refractivity contribution in [2.45, 2.75) is 43.8 Å². The molecule has 27 heavy (non-hydrogen) atoms. The number of hydrogen-bond donors (Lipinski definition) is 0. The number of benzene rings is 2. The summed E-state index contributed by atoms with van der Waals surface area (Å²) in [5, 5.41) is 2.89. The quantitative estimate of drug-likeness (QED) is 0.475. The van der Waals surface area contributed by atoms with E-state index in [2.05, 4.69) is 91.2 Å². The molecule has 4 rings (SSSR count). The van der Waals surface area contributed by atoms with Crippen LogP contribution in [0.1, 0.15) is 32.1 Å². The fourth-order valence-electron chi connectivity index (χ4n) is 4.13. The maximum Gasteiger partial charge on any atom is 0.0496 e. The number of allylic oxidation sites excluding steroid dienone is 4. The maximum absolute atomic E-state index is 5.03. The van der Waals surface area contributed by atoms with Gasteiger partial charge in [0.25, 0.3) is 0 Å². The van der Waals surface area contributed by atoms with E-state index in [1.165, 1.54) is 42.7 Å². The summed E-state index contributed by atoms with van der Waals surface area (Å²) in [7, 11) is -0.467. The molecule has 2 aromatic rings. The molecule has 2 heteroatoms. The van der Waals surface area contributed by atoms with Gasteiger partial charge in [0.15, 0.2) is 0 Å². The maximum atomic E-state index is 5.03. The molecular weight excluding hydrogens is 345 g/mol. The van der Waals surface area contributed by atoms with Crippen LogP contribution >= 0.6 is 7.92 Å². The molecule has 1 saturated carbocycles. The zero-order valence-electron chi connectivity index (χ0n) is 15.8. The number of hydrogen-bond acceptors (Lipinski definition) is 1. The standard InChI is InChI=1S/C25H28NP/c1-4-13-22(14-5-1)26-20-21-12-10-11-19-25(21)27(23-15-6-2-7-16-23)24-17-8-3-9-18-24/h2-3,6-12,15-22,25H,1,4-5,13-14H2. The van der Waals surface area contributed by atoms with E-state index in [1.807, 2.05) is 0 Å². The molecule has 0 amide bonds. The third kappa shape index (κ3) is 4.66. The minimum absolute atomic E-state index is 0.378. The van der Waals surface area contributed by atoms with Crippen LogP contribution in [0.3, 0.4) is 0 Å². The van der Waals surface area contributed by atoms with Gasteiger partial charge in [-0.05, 0) is 31.4 Å². The van der Waals surface area contributed by atoms with Crippen molar-refractivity contribution in [1.82, 2.24) is 0 Å². The van der Waals surface area contributed by atoms with Crippen LogP contribution in [0.25, 0.3) is 0 Å². The van der Waals surface area contributed by atoms with Crippen LogP contribution in [0.5, 0.6) is 0 Å². The summed E-state index contributed by atoms with van der Waals surface area (Å²) in [4.78, 5) is 5.03. The molecule has 0 N–H and O–H groups in total. The highest BCUT2D eigenvalue weighted by molar-refractivity contribution is 7.73. The van der Waals surface area contributed by atoms with Gasteiger partial charge in [-0.2, -0.15) is 0 Å². The van der Waals surface area contributed by atoms with Gasteiger partial charge in [-0.25, -0.2) is 0 Å². The molecule has 0 heterocycles. The van der Waals surface area contributed by atoms with Crippen LogP contribution in [0, 0.1) is 5.92 Å². The molecule has 0 aromatic heterocycles. The Morgan fingerprint density at radius 1 is 0.741 bits per heavy atom. The van der Waals surface area contributed by atoms with Gasteiger partial charge in [-0.1, -0.05) is 104 Å². The smallest absolute Gasteiger partial charge is 0.0496 e. The lowest BCUT2D eigenvalue weighted by molar-refractivity contribution is 0.443. The minimum atomic E-state index is -0.467. The predicted molar refractivity (Wildman–Crippen MR) is 120 cm³/mol. The van der Waals surface area contributed by atoms with Gasteiger partial charge in [0.05, 0.1) is 0 Å². The predicted octanol–water partition coefficient (Wildman–Crippen LogP) is 5.63. The highest BCUT2D eigenvalue weighted by atomic mass is 31.1. The molecule has 2 atom stereocenters. The topological polar surface area (TPSA) is 12.4 Å². The van der Waals surface area contributed by atoms with Crippen molar-refractivity contribution in [2.24, 2.45) is 10.9 Å². The first-order valence-corrected chi connectivity index (χ1v) is 11.6. The Kier molecular flexibility index (Phi) is 6.32. The van der Waals surface area contributed by atoms with E-state index in [-0.39, 0.29) is 0 Å². The first-order valence-electron chi connectivity index (χ1n) is 10.2. The summed E-state index contributed by atoms with van der Waals surface area (Å²) in [6, 6.07) is 22.6. The second kappa shape index (κ2) is 9.29. The Hall–Kier alpha value is -1.98. The molecule has 138 valence electrons. The van der Waals surface area contributed by atoms with Gasteiger partial charge in [0.1, 0.15) is 0 Å². The zero-order chi connectivity index (χ0) is 18.3. The summed E-state index contributed by atoms with van der Waals surface area (Å²) in [6.07, 6.45) is 18.0. The Morgan fingerprint density at radius 3 is 1.96 bits per heavy atom. The molecule has 0 spiro atoms. The van der Waals surface area contributed by atoms with E-state index in [0.717, 1.165) is 0 Å². The Balaban J connectivity index is 1.64. The van der Waals surface area contributed by atoms with Crippen molar-refractivity contribution >= 4 is 24.7 Å². The molecule has 1 nitrogen and oxygen atoms in total. The normalized spacial score (nSPS) is 23.3. The first kappa shape index (κ1) is 18.4. The molecule has 0 saturated heterocycles. The highest BCUT2D eigenvalue weighted by Gasteiger charge is 2.29. The lowest BCUT2D eigenvalue weighted by Gasteiger charge is -2.31. The van der Waals surface area contributed by atoms with Crippen LogP contribution in [-0.4, -0.2) is 17.9 Å². The van der Waals surface area contributed by atoms with Crippen LogP contribution in [-0.2, 0) is 0 Å². The average molecular weight is 373 g/mol. The third-order valence-electron chi connectivity index (χ3n) is 5.56. The molecule has 0 bridgehead atoms. The lowest BCUT2D eigenvalue weighted by atomic mass is 9.95. The lowest BCUT2D eigenvalue weighted by Crippen LogP contribution is -2.28. The van der Waals surface area contributed by atoms with Gasteiger partial charge in [-0.15, -0.1) is 0 Å². The van der Waals surface area contributed by atoms with E-state index >= 15 is 0 Å². The Labute approximate surface area is 164 Å². The van der Waals surface area contributed by atoms with Gasteiger partial charge in [0, 0.05) is 23.8 Å². The van der Waals surface area contributed by atoms with Crippen molar-refractivity contribution in [2.75, 3.05) is 0 Å². The van der Waals surface area contributed by atoms with Crippen molar-refractivity contribution in [3.05, 3.63) is 85.0 Å². The van der Waals surface area contributed by atoms with E-state index < -0.39 is 7.92 Å². The second-order valence-electron chi connectivity index (χ2n) is 7.47. The van der Waals surface area contributed by atoms with Crippen LogP contribution in [0.4, 0.5) is 0 Å². The van der Waals surface area contributed by atoms with Crippen molar-refractivity contribution < 1.29 is 0 Å². The Bertz CT molecular complexity index is 748. The average Bonchev–Trinajstić information content (AvgIpc) is 2.76. The molecule has 1 fully saturated rings. The highest BCUT2D eigenvalue weighted by Crippen LogP contribution is 2.45. The Morgan fingerprint density at radius 2 is 1.33 bits per heavy atom. The van der Waals surface area contributed by atoms with Gasteiger partial charge in [0.2, 0.25) is 0 Å². The second-order valence-corrected chi connectivity index (χ2v) is 9.84. The van der Waals surface area contributed by atoms with E-state index in [1.54, 1.807) is 0 Å². The molecular formula is C25H28NP. The largest absolute Gasteiger partial charge is 0.294 e. The summed E-state index contributed by atoms with van der Waals surface area (Å²) in [6.45, 7) is 0. The summed E-state index contributed by atoms with van der Waals surface area (Å²) in [5.41, 5.74) is 0.460. The van der Waals surface area contributed by atoms with E-state index in [4.69, 9.17) is 4.99 Å². The van der Waals surface area contributed by atoms with E-state index in [9.17, 15) is 0 Å². The van der Waals surface area contributed by atoms with Crippen molar-refractivity contribution in [3.8, 4) is 0 Å². The first-order chi connectivity index (χ1) is 13.4. The summed E-state index contributed by atoms with van der Waals surface area (Å²) in [5.74, 6) is 0.378. The fraction of sp³-hybridized carbons (Fsp3) is 0.320. The molecule has 0 aliphatic heterocycles. The monoisotopic (exact) mass is 373 g/mol. The van der Waals surface area contributed by atoms with Gasteiger partial charge >= 0.3 is 0 Å². The van der Waals surface area contributed by atoms with E-state index in [0.29, 0.717) is 17.6 Å². The number of rotatable bonds is 5. The van der Waals surface area contributed by atoms with Gasteiger partial charge in [-0.3, -0.25) is 4.99 Å². The summed E-state index contributed by atoms with van der Waals surface area (Å²) >= 11 is 0. The van der Waals surface area contributed by atoms with Gasteiger partial charge < -0.3 is 0 Å². The van der Waals surface area contributed by atoms with Crippen LogP contribution < -0.4 is 10.6 Å².